The number of amides is 1. The zero-order valence-electron chi connectivity index (χ0n) is 16.6. The molecular weight excluding hydrogens is 426 g/mol. The maximum Gasteiger partial charge on any atom is 0.416 e. The quantitative estimate of drug-likeness (QED) is 0.631. The molecule has 0 bridgehead atoms. The highest BCUT2D eigenvalue weighted by atomic mass is 19.4. The summed E-state index contributed by atoms with van der Waals surface area (Å²) in [6.45, 7) is 2.76. The van der Waals surface area contributed by atoms with Crippen LogP contribution in [0.4, 0.5) is 32.0 Å². The van der Waals surface area contributed by atoms with E-state index < -0.39 is 35.0 Å². The van der Waals surface area contributed by atoms with Crippen molar-refractivity contribution < 1.29 is 35.9 Å². The van der Waals surface area contributed by atoms with Crippen LogP contribution in [-0.4, -0.2) is 44.2 Å². The van der Waals surface area contributed by atoms with Gasteiger partial charge in [-0.1, -0.05) is 12.1 Å². The summed E-state index contributed by atoms with van der Waals surface area (Å²) >= 11 is 0. The van der Waals surface area contributed by atoms with Gasteiger partial charge in [-0.3, -0.25) is 4.79 Å². The number of halogens is 6. The molecule has 0 radical (unpaired) electrons. The predicted octanol–water partition coefficient (Wildman–Crippen LogP) is 4.83. The molecule has 0 atom stereocenters. The number of hydrogen-bond donors (Lipinski definition) is 0. The minimum Gasteiger partial charge on any atom is -0.378 e. The van der Waals surface area contributed by atoms with E-state index in [1.807, 2.05) is 12.1 Å². The van der Waals surface area contributed by atoms with Gasteiger partial charge in [0.25, 0.3) is 5.91 Å². The molecule has 1 saturated heterocycles. The predicted molar refractivity (Wildman–Crippen MR) is 102 cm³/mol. The van der Waals surface area contributed by atoms with E-state index in [4.69, 9.17) is 4.74 Å². The Hall–Kier alpha value is -2.75. The maximum absolute atomic E-state index is 13.0. The van der Waals surface area contributed by atoms with Crippen LogP contribution in [0.2, 0.25) is 0 Å². The van der Waals surface area contributed by atoms with Crippen molar-refractivity contribution in [3.8, 4) is 0 Å². The molecule has 4 nitrogen and oxygen atoms in total. The molecule has 2 aromatic rings. The zero-order chi connectivity index (χ0) is 22.8. The molecule has 1 amide bonds. The van der Waals surface area contributed by atoms with Crippen LogP contribution in [-0.2, 0) is 23.6 Å². The van der Waals surface area contributed by atoms with Gasteiger partial charge < -0.3 is 14.5 Å². The van der Waals surface area contributed by atoms with E-state index in [1.165, 1.54) is 7.05 Å². The Kier molecular flexibility index (Phi) is 6.49. The van der Waals surface area contributed by atoms with Gasteiger partial charge in [0, 0.05) is 37.9 Å². The number of carbonyl (C=O) groups excluding carboxylic acids is 1. The van der Waals surface area contributed by atoms with Gasteiger partial charge in [-0.2, -0.15) is 26.3 Å². The van der Waals surface area contributed by atoms with Crippen LogP contribution in [0.15, 0.2) is 42.5 Å². The first-order valence-electron chi connectivity index (χ1n) is 9.42. The van der Waals surface area contributed by atoms with Crippen molar-refractivity contribution >= 4 is 11.6 Å². The number of ether oxygens (including phenoxy) is 1. The standard InChI is InChI=1S/C21H20F6N2O2/c1-28(13-14-2-4-18(5-3-14)29-6-8-31-9-7-29)19(30)15-10-16(20(22,23)24)12-17(11-15)21(25,26)27/h2-5,10-12H,6-9,13H2,1H3. The van der Waals surface area contributed by atoms with Gasteiger partial charge in [0.15, 0.2) is 0 Å². The lowest BCUT2D eigenvalue weighted by Crippen LogP contribution is -2.36. The molecule has 3 rings (SSSR count). The molecule has 1 heterocycles. The number of hydrogen-bond acceptors (Lipinski definition) is 3. The molecule has 0 spiro atoms. The minimum atomic E-state index is -5.01. The lowest BCUT2D eigenvalue weighted by molar-refractivity contribution is -0.143. The second-order valence-corrected chi connectivity index (χ2v) is 7.22. The summed E-state index contributed by atoms with van der Waals surface area (Å²) in [7, 11) is 1.33. The van der Waals surface area contributed by atoms with Gasteiger partial charge >= 0.3 is 12.4 Å². The maximum atomic E-state index is 13.0. The van der Waals surface area contributed by atoms with Crippen LogP contribution in [0.3, 0.4) is 0 Å². The van der Waals surface area contributed by atoms with Crippen molar-refractivity contribution in [3.05, 3.63) is 64.7 Å². The van der Waals surface area contributed by atoms with Gasteiger partial charge in [0.05, 0.1) is 24.3 Å². The van der Waals surface area contributed by atoms with Crippen LogP contribution in [0.25, 0.3) is 0 Å². The first kappa shape index (κ1) is 22.9. The average Bonchev–Trinajstić information content (AvgIpc) is 2.72. The number of carbonyl (C=O) groups is 1. The number of nitrogens with zero attached hydrogens (tertiary/aromatic N) is 2. The Morgan fingerprint density at radius 1 is 0.935 bits per heavy atom. The molecule has 0 aromatic heterocycles. The molecule has 1 aliphatic heterocycles. The Balaban J connectivity index is 1.77. The Labute approximate surface area is 175 Å². The molecule has 2 aromatic carbocycles. The first-order valence-corrected chi connectivity index (χ1v) is 9.42. The summed E-state index contributed by atoms with van der Waals surface area (Å²) in [5.41, 5.74) is -2.05. The lowest BCUT2D eigenvalue weighted by Gasteiger charge is -2.29. The zero-order valence-corrected chi connectivity index (χ0v) is 16.6. The molecule has 0 saturated carbocycles. The molecule has 0 unspecified atom stereocenters. The summed E-state index contributed by atoms with van der Waals surface area (Å²) in [5, 5.41) is 0. The van der Waals surface area contributed by atoms with Crippen LogP contribution < -0.4 is 4.90 Å². The number of alkyl halides is 6. The van der Waals surface area contributed by atoms with E-state index in [1.54, 1.807) is 12.1 Å². The fourth-order valence-electron chi connectivity index (χ4n) is 3.28. The molecule has 168 valence electrons. The van der Waals surface area contributed by atoms with Crippen molar-refractivity contribution in [1.82, 2.24) is 4.90 Å². The third-order valence-corrected chi connectivity index (χ3v) is 4.91. The Morgan fingerprint density at radius 2 is 1.45 bits per heavy atom. The van der Waals surface area contributed by atoms with E-state index in [0.29, 0.717) is 30.9 Å². The topological polar surface area (TPSA) is 32.8 Å². The third-order valence-electron chi connectivity index (χ3n) is 4.91. The van der Waals surface area contributed by atoms with Crippen LogP contribution >= 0.6 is 0 Å². The summed E-state index contributed by atoms with van der Waals surface area (Å²) in [4.78, 5) is 15.8. The smallest absolute Gasteiger partial charge is 0.378 e. The van der Waals surface area contributed by atoms with Crippen molar-refractivity contribution in [1.29, 1.82) is 0 Å². The van der Waals surface area contributed by atoms with Crippen molar-refractivity contribution in [3.63, 3.8) is 0 Å². The lowest BCUT2D eigenvalue weighted by atomic mass is 10.0. The van der Waals surface area contributed by atoms with E-state index in [0.717, 1.165) is 23.7 Å². The highest BCUT2D eigenvalue weighted by molar-refractivity contribution is 5.94. The molecular formula is C21H20F6N2O2. The summed E-state index contributed by atoms with van der Waals surface area (Å²) < 4.78 is 83.5. The minimum absolute atomic E-state index is 0.00113. The molecule has 1 aliphatic rings. The molecule has 1 fully saturated rings. The molecule has 10 heteroatoms. The average molecular weight is 446 g/mol. The van der Waals surface area contributed by atoms with Crippen LogP contribution in [0, 0.1) is 0 Å². The SMILES string of the molecule is CN(Cc1ccc(N2CCOCC2)cc1)C(=O)c1cc(C(F)(F)F)cc(C(F)(F)F)c1. The monoisotopic (exact) mass is 446 g/mol. The van der Waals surface area contributed by atoms with Gasteiger partial charge in [0.1, 0.15) is 0 Å². The number of benzene rings is 2. The fourth-order valence-corrected chi connectivity index (χ4v) is 3.28. The van der Waals surface area contributed by atoms with Gasteiger partial charge in [-0.25, -0.2) is 0 Å². The highest BCUT2D eigenvalue weighted by Gasteiger charge is 2.37. The number of rotatable bonds is 4. The number of morpholine rings is 1. The van der Waals surface area contributed by atoms with Gasteiger partial charge in [-0.15, -0.1) is 0 Å². The Morgan fingerprint density at radius 3 is 1.94 bits per heavy atom. The molecule has 0 aliphatic carbocycles. The molecule has 31 heavy (non-hydrogen) atoms. The number of anilines is 1. The Bertz CT molecular complexity index is 887. The van der Waals surface area contributed by atoms with Crippen molar-refractivity contribution in [2.75, 3.05) is 38.3 Å². The van der Waals surface area contributed by atoms with Crippen molar-refractivity contribution in [2.45, 2.75) is 18.9 Å². The summed E-state index contributed by atoms with van der Waals surface area (Å²) in [6, 6.07) is 8.12. The summed E-state index contributed by atoms with van der Waals surface area (Å²) in [6.07, 6.45) is -10.0. The molecule has 0 N–H and O–H groups in total. The van der Waals surface area contributed by atoms with E-state index in [2.05, 4.69) is 4.90 Å². The van der Waals surface area contributed by atoms with Gasteiger partial charge in [-0.05, 0) is 35.9 Å². The largest absolute Gasteiger partial charge is 0.416 e. The first-order chi connectivity index (χ1) is 14.4. The van der Waals surface area contributed by atoms with E-state index in [9.17, 15) is 31.1 Å². The van der Waals surface area contributed by atoms with Crippen molar-refractivity contribution in [2.24, 2.45) is 0 Å². The fraction of sp³-hybridized carbons (Fsp3) is 0.381. The second kappa shape index (κ2) is 8.78. The van der Waals surface area contributed by atoms with E-state index >= 15 is 0 Å². The highest BCUT2D eigenvalue weighted by Crippen LogP contribution is 2.36. The van der Waals surface area contributed by atoms with Crippen LogP contribution in [0.1, 0.15) is 27.0 Å². The van der Waals surface area contributed by atoms with Crippen LogP contribution in [0.5, 0.6) is 0 Å². The normalized spacial score (nSPS) is 15.1. The third kappa shape index (κ3) is 5.69. The van der Waals surface area contributed by atoms with Gasteiger partial charge in [0.2, 0.25) is 0 Å². The van der Waals surface area contributed by atoms with E-state index in [-0.39, 0.29) is 12.6 Å². The second-order valence-electron chi connectivity index (χ2n) is 7.22. The summed E-state index contributed by atoms with van der Waals surface area (Å²) in [5.74, 6) is -0.936.